The van der Waals surface area contributed by atoms with Gasteiger partial charge in [-0.15, -0.1) is 0 Å². The average Bonchev–Trinajstić information content (AvgIpc) is 1.86. The van der Waals surface area contributed by atoms with E-state index in [0.29, 0.717) is 0 Å². The zero-order valence-corrected chi connectivity index (χ0v) is 8.58. The van der Waals surface area contributed by atoms with Crippen LogP contribution in [-0.2, 0) is 0 Å². The van der Waals surface area contributed by atoms with E-state index in [0.717, 1.165) is 0 Å². The van der Waals surface area contributed by atoms with Gasteiger partial charge in [0.25, 0.3) is 0 Å². The molecule has 10 heavy (non-hydrogen) atoms. The van der Waals surface area contributed by atoms with Gasteiger partial charge < -0.3 is 8.88 Å². The molecule has 0 unspecified atom stereocenters. The van der Waals surface area contributed by atoms with Crippen molar-refractivity contribution in [2.75, 3.05) is 4.23 Å². The highest BCUT2D eigenvalue weighted by atomic mass is 28.4. The van der Waals surface area contributed by atoms with E-state index in [9.17, 15) is 0 Å². The summed E-state index contributed by atoms with van der Waals surface area (Å²) in [6.07, 6.45) is 0. The summed E-state index contributed by atoms with van der Waals surface area (Å²) in [6.45, 7) is 0. The molecule has 0 bridgehead atoms. The summed E-state index contributed by atoms with van der Waals surface area (Å²) in [7, 11) is -0.0686. The van der Waals surface area contributed by atoms with E-state index in [2.05, 4.69) is 39.2 Å². The smallest absolute Gasteiger partial charge is 0.185 e. The lowest BCUT2D eigenvalue weighted by molar-refractivity contribution is 1.32. The molecule has 1 aromatic carbocycles. The maximum absolute atomic E-state index is 3.46. The van der Waals surface area contributed by atoms with Crippen molar-refractivity contribution in [1.82, 2.24) is 4.65 Å². The normalized spacial score (nSPS) is 21.4. The molecule has 1 aromatic rings. The standard InChI is InChI=1S/C6H10N2Si2/c1-2-4-6(5-3-1)8-9-7-10-8/h1-5,7H,9-10H2. The van der Waals surface area contributed by atoms with E-state index in [4.69, 9.17) is 0 Å². The van der Waals surface area contributed by atoms with Gasteiger partial charge in [0.2, 0.25) is 0 Å². The maximum atomic E-state index is 3.46. The van der Waals surface area contributed by atoms with Crippen LogP contribution in [0.25, 0.3) is 0 Å². The molecule has 0 aliphatic carbocycles. The van der Waals surface area contributed by atoms with Gasteiger partial charge in [0, 0.05) is 5.69 Å². The van der Waals surface area contributed by atoms with Crippen molar-refractivity contribution >= 4 is 25.4 Å². The lowest BCUT2D eigenvalue weighted by atomic mass is 10.3. The van der Waals surface area contributed by atoms with Gasteiger partial charge >= 0.3 is 0 Å². The third-order valence-electron chi connectivity index (χ3n) is 1.73. The molecule has 0 spiro atoms. The lowest BCUT2D eigenvalue weighted by Crippen LogP contribution is -2.59. The summed E-state index contributed by atoms with van der Waals surface area (Å²) in [5, 5.41) is 0. The fraction of sp³-hybridized carbons (Fsp3) is 0. The highest BCUT2D eigenvalue weighted by molar-refractivity contribution is 6.76. The third-order valence-corrected chi connectivity index (χ3v) is 6.35. The number of nitrogens with one attached hydrogen (secondary N) is 1. The SMILES string of the molecule is c1ccc(N2[SiH2]N[SiH2]2)cc1. The van der Waals surface area contributed by atoms with Gasteiger partial charge in [-0.05, 0) is 12.1 Å². The molecule has 1 N–H and O–H groups in total. The van der Waals surface area contributed by atoms with Crippen molar-refractivity contribution in [3.63, 3.8) is 0 Å². The summed E-state index contributed by atoms with van der Waals surface area (Å²) in [4.78, 5) is 0. The molecule has 1 heterocycles. The van der Waals surface area contributed by atoms with Gasteiger partial charge in [0.15, 0.2) is 19.7 Å². The molecule has 1 aliphatic rings. The number of benzene rings is 1. The van der Waals surface area contributed by atoms with Crippen molar-refractivity contribution in [3.05, 3.63) is 30.3 Å². The molecule has 0 radical (unpaired) electrons. The highest BCUT2D eigenvalue weighted by Crippen LogP contribution is 2.11. The lowest BCUT2D eigenvalue weighted by Gasteiger charge is -2.33. The van der Waals surface area contributed by atoms with Gasteiger partial charge in [0.05, 0.1) is 0 Å². The largest absolute Gasteiger partial charge is 0.411 e. The molecule has 0 saturated carbocycles. The Morgan fingerprint density at radius 1 is 1.10 bits per heavy atom. The monoisotopic (exact) mass is 166 g/mol. The molecule has 1 aliphatic heterocycles. The Hall–Kier alpha value is -0.586. The van der Waals surface area contributed by atoms with E-state index in [-0.39, 0.29) is 19.7 Å². The summed E-state index contributed by atoms with van der Waals surface area (Å²) < 4.78 is 6.02. The van der Waals surface area contributed by atoms with Crippen LogP contribution in [0, 0.1) is 0 Å². The molecule has 2 rings (SSSR count). The predicted octanol–water partition coefficient (Wildman–Crippen LogP) is -0.906. The van der Waals surface area contributed by atoms with E-state index < -0.39 is 0 Å². The first-order valence-corrected chi connectivity index (χ1v) is 6.15. The Balaban J connectivity index is 2.18. The summed E-state index contributed by atoms with van der Waals surface area (Å²) >= 11 is 0. The number of hydrogen-bond acceptors (Lipinski definition) is 2. The Kier molecular flexibility index (Phi) is 1.58. The number of rotatable bonds is 1. The van der Waals surface area contributed by atoms with Crippen LogP contribution >= 0.6 is 0 Å². The second kappa shape index (κ2) is 2.57. The minimum Gasteiger partial charge on any atom is -0.411 e. The van der Waals surface area contributed by atoms with Crippen LogP contribution < -0.4 is 8.88 Å². The van der Waals surface area contributed by atoms with Crippen LogP contribution in [0.1, 0.15) is 0 Å². The summed E-state index contributed by atoms with van der Waals surface area (Å²) in [5.41, 5.74) is 1.43. The van der Waals surface area contributed by atoms with Gasteiger partial charge in [-0.25, -0.2) is 0 Å². The topological polar surface area (TPSA) is 15.3 Å². The van der Waals surface area contributed by atoms with Crippen molar-refractivity contribution < 1.29 is 0 Å². The molecular formula is C6H10N2Si2. The molecule has 0 amide bonds. The van der Waals surface area contributed by atoms with E-state index in [1.54, 1.807) is 0 Å². The van der Waals surface area contributed by atoms with Gasteiger partial charge in [0.1, 0.15) is 0 Å². The van der Waals surface area contributed by atoms with Crippen LogP contribution in [0.2, 0.25) is 0 Å². The van der Waals surface area contributed by atoms with Gasteiger partial charge in [-0.3, -0.25) is 0 Å². The molecule has 4 heteroatoms. The Labute approximate surface area is 65.2 Å². The molecule has 1 saturated heterocycles. The summed E-state index contributed by atoms with van der Waals surface area (Å²) in [5.74, 6) is 0. The molecular weight excluding hydrogens is 156 g/mol. The minimum absolute atomic E-state index is 0.0343. The number of hydrogen-bond donors (Lipinski definition) is 1. The second-order valence-electron chi connectivity index (χ2n) is 2.44. The predicted molar refractivity (Wildman–Crippen MR) is 49.1 cm³/mol. The van der Waals surface area contributed by atoms with Crippen LogP contribution in [0.15, 0.2) is 30.3 Å². The number of para-hydroxylation sites is 1. The van der Waals surface area contributed by atoms with E-state index >= 15 is 0 Å². The quantitative estimate of drug-likeness (QED) is 0.544. The van der Waals surface area contributed by atoms with Crippen LogP contribution in [0.5, 0.6) is 0 Å². The van der Waals surface area contributed by atoms with Crippen molar-refractivity contribution in [1.29, 1.82) is 0 Å². The molecule has 0 atom stereocenters. The van der Waals surface area contributed by atoms with Crippen molar-refractivity contribution in [3.8, 4) is 0 Å². The Bertz CT molecular complexity index is 210. The molecule has 1 fully saturated rings. The first kappa shape index (κ1) is 6.15. The van der Waals surface area contributed by atoms with Crippen molar-refractivity contribution in [2.24, 2.45) is 0 Å². The van der Waals surface area contributed by atoms with Crippen LogP contribution in [0.3, 0.4) is 0 Å². The maximum Gasteiger partial charge on any atom is 0.185 e. The highest BCUT2D eigenvalue weighted by Gasteiger charge is 2.13. The second-order valence-corrected chi connectivity index (χ2v) is 7.50. The Morgan fingerprint density at radius 3 is 2.30 bits per heavy atom. The first-order chi connectivity index (χ1) is 4.97. The summed E-state index contributed by atoms with van der Waals surface area (Å²) in [6, 6.07) is 10.7. The zero-order chi connectivity index (χ0) is 6.81. The Morgan fingerprint density at radius 2 is 1.80 bits per heavy atom. The van der Waals surface area contributed by atoms with E-state index in [1.807, 2.05) is 0 Å². The number of nitrogens with zero attached hydrogens (tertiary/aromatic N) is 1. The minimum atomic E-state index is -0.0343. The zero-order valence-electron chi connectivity index (χ0n) is 5.75. The van der Waals surface area contributed by atoms with Gasteiger partial charge in [-0.2, -0.15) is 0 Å². The average molecular weight is 166 g/mol. The first-order valence-electron chi connectivity index (χ1n) is 3.47. The molecule has 2 nitrogen and oxygen atoms in total. The molecule has 0 aromatic heterocycles. The van der Waals surface area contributed by atoms with Crippen molar-refractivity contribution in [2.45, 2.75) is 0 Å². The third kappa shape index (κ3) is 1.01. The fourth-order valence-corrected chi connectivity index (χ4v) is 3.62. The molecule has 52 valence electrons. The van der Waals surface area contributed by atoms with Crippen LogP contribution in [0.4, 0.5) is 5.69 Å². The van der Waals surface area contributed by atoms with Crippen LogP contribution in [-0.4, -0.2) is 19.7 Å². The van der Waals surface area contributed by atoms with Gasteiger partial charge in [-0.1, -0.05) is 18.2 Å². The fourth-order valence-electron chi connectivity index (χ4n) is 1.04. The van der Waals surface area contributed by atoms with E-state index in [1.165, 1.54) is 5.69 Å². The number of anilines is 1.